The molecule has 4 rings (SSSR count). The van der Waals surface area contributed by atoms with E-state index in [0.717, 1.165) is 11.4 Å². The average Bonchev–Trinajstić information content (AvgIpc) is 3.40. The maximum Gasteiger partial charge on any atom is 0.324 e. The summed E-state index contributed by atoms with van der Waals surface area (Å²) in [5.74, 6) is 1.90. The molecule has 43 heavy (non-hydrogen) atoms. The third-order valence-corrected chi connectivity index (χ3v) is 6.79. The van der Waals surface area contributed by atoms with Crippen LogP contribution in [-0.4, -0.2) is 52.2 Å². The van der Waals surface area contributed by atoms with Crippen molar-refractivity contribution in [2.75, 3.05) is 36.2 Å². The number of benzene rings is 2. The van der Waals surface area contributed by atoms with Crippen molar-refractivity contribution in [3.05, 3.63) is 76.5 Å². The lowest BCUT2D eigenvalue weighted by atomic mass is 9.92. The molecule has 0 aliphatic rings. The molecule has 2 aromatic heterocycles. The molecule has 2 heterocycles. The smallest absolute Gasteiger partial charge is 0.324 e. The Bertz CT molecular complexity index is 1600. The Morgan fingerprint density at radius 1 is 0.930 bits per heavy atom. The fourth-order valence-electron chi connectivity index (χ4n) is 3.73. The zero-order valence-corrected chi connectivity index (χ0v) is 25.4. The summed E-state index contributed by atoms with van der Waals surface area (Å²) in [6.07, 6.45) is 1.44. The van der Waals surface area contributed by atoms with Crippen molar-refractivity contribution in [3.8, 4) is 22.9 Å². The van der Waals surface area contributed by atoms with Crippen molar-refractivity contribution >= 4 is 52.6 Å². The number of methoxy groups -OCH3 is 1. The molecule has 226 valence electrons. The Hall–Kier alpha value is -4.52. The van der Waals surface area contributed by atoms with Crippen molar-refractivity contribution in [1.82, 2.24) is 20.1 Å². The Kier molecular flexibility index (Phi) is 9.96. The third-order valence-electron chi connectivity index (χ3n) is 5.93. The first kappa shape index (κ1) is 31.4. The van der Waals surface area contributed by atoms with Gasteiger partial charge in [0.25, 0.3) is 0 Å². The minimum absolute atomic E-state index is 0.0594. The maximum absolute atomic E-state index is 13.1. The zero-order chi connectivity index (χ0) is 31.1. The van der Waals surface area contributed by atoms with Gasteiger partial charge in [-0.05, 0) is 42.5 Å². The Morgan fingerprint density at radius 2 is 1.67 bits per heavy atom. The number of urea groups is 2. The summed E-state index contributed by atoms with van der Waals surface area (Å²) in [6, 6.07) is 14.2. The lowest BCUT2D eigenvalue weighted by molar-refractivity contribution is 0.244. The zero-order valence-electron chi connectivity index (χ0n) is 23.9. The number of halogens is 2. The lowest BCUT2D eigenvalue weighted by Gasteiger charge is -2.14. The second-order valence-corrected chi connectivity index (χ2v) is 10.9. The number of hydrogen-bond donors (Lipinski definition) is 5. The van der Waals surface area contributed by atoms with E-state index in [1.165, 1.54) is 12.3 Å². The molecule has 0 radical (unpaired) electrons. The number of ether oxygens (including phenoxy) is 2. The molecule has 12 nitrogen and oxygen atoms in total. The lowest BCUT2D eigenvalue weighted by Crippen LogP contribution is -2.31. The number of aromatic nitrogens is 3. The molecule has 2 aromatic carbocycles. The molecule has 4 amide bonds. The second kappa shape index (κ2) is 13.6. The highest BCUT2D eigenvalue weighted by Gasteiger charge is 2.22. The van der Waals surface area contributed by atoms with Crippen LogP contribution in [-0.2, 0) is 5.41 Å². The van der Waals surface area contributed by atoms with Crippen LogP contribution in [0.25, 0.3) is 5.69 Å². The number of aliphatic hydroxyl groups is 1. The van der Waals surface area contributed by atoms with E-state index in [0.29, 0.717) is 17.3 Å². The Labute approximate surface area is 258 Å². The fourth-order valence-corrected chi connectivity index (χ4v) is 4.14. The molecular weight excluding hydrogens is 597 g/mol. The van der Waals surface area contributed by atoms with Crippen molar-refractivity contribution in [2.24, 2.45) is 0 Å². The van der Waals surface area contributed by atoms with E-state index in [1.807, 2.05) is 51.1 Å². The van der Waals surface area contributed by atoms with Crippen LogP contribution in [0, 0.1) is 0 Å². The van der Waals surface area contributed by atoms with E-state index in [9.17, 15) is 9.59 Å². The van der Waals surface area contributed by atoms with Gasteiger partial charge in [0, 0.05) is 30.3 Å². The van der Waals surface area contributed by atoms with Gasteiger partial charge in [0.1, 0.15) is 33.9 Å². The molecular formula is C29H31Cl2N7O5. The average molecular weight is 629 g/mol. The van der Waals surface area contributed by atoms with Crippen molar-refractivity contribution < 1.29 is 24.2 Å². The van der Waals surface area contributed by atoms with Gasteiger partial charge in [-0.25, -0.2) is 19.3 Å². The predicted molar refractivity (Wildman–Crippen MR) is 166 cm³/mol. The molecule has 0 atom stereocenters. The monoisotopic (exact) mass is 627 g/mol. The molecule has 0 aliphatic carbocycles. The Balaban J connectivity index is 1.49. The van der Waals surface area contributed by atoms with Gasteiger partial charge in [0.2, 0.25) is 0 Å². The number of amides is 4. The highest BCUT2D eigenvalue weighted by atomic mass is 35.5. The first-order chi connectivity index (χ1) is 20.5. The summed E-state index contributed by atoms with van der Waals surface area (Å²) in [6.45, 7) is 5.99. The normalized spacial score (nSPS) is 11.0. The molecule has 0 spiro atoms. The standard InChI is InChI=1S/C29H31Cl2N7O5/c1-29(2,3)22-16-24(38(37-22)17-5-7-18(42-4)8-6-17)36-28(41)34-20-9-10-21(26(31)25(20)30)43-19-11-12-32-23(15-19)35-27(40)33-13-14-39/h5-12,15-16,39H,13-14H2,1-4H3,(H2,34,36,41)(H2,32,33,35,40). The molecule has 0 saturated carbocycles. The SMILES string of the molecule is COc1ccc(-n2nc(C(C)(C)C)cc2NC(=O)Nc2ccc(Oc3ccnc(NC(=O)NCCO)c3)c(Cl)c2Cl)cc1. The van der Waals surface area contributed by atoms with Gasteiger partial charge in [-0.15, -0.1) is 0 Å². The molecule has 0 unspecified atom stereocenters. The van der Waals surface area contributed by atoms with Crippen molar-refractivity contribution in [3.63, 3.8) is 0 Å². The number of nitrogens with one attached hydrogen (secondary N) is 4. The van der Waals surface area contributed by atoms with Crippen LogP contribution in [0.4, 0.5) is 26.9 Å². The first-order valence-electron chi connectivity index (χ1n) is 13.1. The molecule has 0 bridgehead atoms. The van der Waals surface area contributed by atoms with Gasteiger partial charge >= 0.3 is 12.1 Å². The van der Waals surface area contributed by atoms with Crippen LogP contribution < -0.4 is 30.7 Å². The summed E-state index contributed by atoms with van der Waals surface area (Å²) in [7, 11) is 1.59. The van der Waals surface area contributed by atoms with Gasteiger partial charge in [-0.2, -0.15) is 5.10 Å². The number of carbonyl (C=O) groups is 2. The van der Waals surface area contributed by atoms with Crippen molar-refractivity contribution in [1.29, 1.82) is 0 Å². The van der Waals surface area contributed by atoms with Gasteiger partial charge in [-0.1, -0.05) is 44.0 Å². The maximum atomic E-state index is 13.1. The summed E-state index contributed by atoms with van der Waals surface area (Å²) in [5.41, 5.74) is 1.49. The van der Waals surface area contributed by atoms with Gasteiger partial charge in [-0.3, -0.25) is 10.6 Å². The first-order valence-corrected chi connectivity index (χ1v) is 13.8. The minimum atomic E-state index is -0.564. The van der Waals surface area contributed by atoms with E-state index >= 15 is 0 Å². The van der Waals surface area contributed by atoms with Gasteiger partial charge in [0.05, 0.1) is 35.8 Å². The van der Waals surface area contributed by atoms with Crippen LogP contribution in [0.1, 0.15) is 26.5 Å². The summed E-state index contributed by atoms with van der Waals surface area (Å²) >= 11 is 13.0. The summed E-state index contributed by atoms with van der Waals surface area (Å²) in [5, 5.41) is 24.2. The van der Waals surface area contributed by atoms with E-state index in [2.05, 4.69) is 26.3 Å². The van der Waals surface area contributed by atoms with Crippen LogP contribution in [0.5, 0.6) is 17.2 Å². The number of anilines is 3. The Morgan fingerprint density at radius 3 is 2.35 bits per heavy atom. The largest absolute Gasteiger partial charge is 0.497 e. The van der Waals surface area contributed by atoms with E-state index in [1.54, 1.807) is 30.0 Å². The van der Waals surface area contributed by atoms with Gasteiger partial charge < -0.3 is 25.2 Å². The third kappa shape index (κ3) is 8.07. The van der Waals surface area contributed by atoms with E-state index < -0.39 is 12.1 Å². The molecule has 0 fully saturated rings. The second-order valence-electron chi connectivity index (χ2n) is 10.2. The quantitative estimate of drug-likeness (QED) is 0.143. The topological polar surface area (TPSA) is 152 Å². The van der Waals surface area contributed by atoms with E-state index in [4.69, 9.17) is 42.9 Å². The molecule has 0 aliphatic heterocycles. The number of nitrogens with zero attached hydrogens (tertiary/aromatic N) is 3. The molecule has 4 aromatic rings. The van der Waals surface area contributed by atoms with Crippen LogP contribution in [0.3, 0.4) is 0 Å². The number of rotatable bonds is 9. The van der Waals surface area contributed by atoms with Crippen molar-refractivity contribution in [2.45, 2.75) is 26.2 Å². The van der Waals surface area contributed by atoms with Crippen LogP contribution in [0.15, 0.2) is 60.8 Å². The summed E-state index contributed by atoms with van der Waals surface area (Å²) < 4.78 is 12.7. The van der Waals surface area contributed by atoms with Crippen LogP contribution in [0.2, 0.25) is 10.0 Å². The number of aliphatic hydroxyl groups excluding tert-OH is 1. The molecule has 5 N–H and O–H groups in total. The molecule has 14 heteroatoms. The van der Waals surface area contributed by atoms with Crippen LogP contribution >= 0.6 is 23.2 Å². The number of carbonyl (C=O) groups excluding carboxylic acids is 2. The minimum Gasteiger partial charge on any atom is -0.497 e. The van der Waals surface area contributed by atoms with Gasteiger partial charge in [0.15, 0.2) is 0 Å². The molecule has 0 saturated heterocycles. The fraction of sp³-hybridized carbons (Fsp3) is 0.241. The number of hydrogen-bond acceptors (Lipinski definition) is 7. The highest BCUT2D eigenvalue weighted by molar-refractivity contribution is 6.45. The van der Waals surface area contributed by atoms with E-state index in [-0.39, 0.29) is 45.9 Å². The highest BCUT2D eigenvalue weighted by Crippen LogP contribution is 2.40. The number of pyridine rings is 1. The predicted octanol–water partition coefficient (Wildman–Crippen LogP) is 6.43. The summed E-state index contributed by atoms with van der Waals surface area (Å²) in [4.78, 5) is 29.0.